The van der Waals surface area contributed by atoms with Crippen molar-refractivity contribution in [1.29, 1.82) is 0 Å². The number of rotatable bonds is 7. The van der Waals surface area contributed by atoms with Crippen LogP contribution in [0.4, 0.5) is 0 Å². The van der Waals surface area contributed by atoms with E-state index >= 15 is 0 Å². The summed E-state index contributed by atoms with van der Waals surface area (Å²) in [5, 5.41) is 8.87. The Labute approximate surface area is 184 Å². The lowest BCUT2D eigenvalue weighted by Gasteiger charge is -2.10. The predicted octanol–water partition coefficient (Wildman–Crippen LogP) is 4.00. The van der Waals surface area contributed by atoms with E-state index < -0.39 is 18.4 Å². The number of carbonyl (C=O) groups excluding carboxylic acids is 2. The molecule has 148 valence electrons. The van der Waals surface area contributed by atoms with Gasteiger partial charge in [0.15, 0.2) is 12.4 Å². The fourth-order valence-corrected chi connectivity index (χ4v) is 4.13. The van der Waals surface area contributed by atoms with Crippen molar-refractivity contribution in [3.63, 3.8) is 0 Å². The first-order valence-electron chi connectivity index (χ1n) is 8.32. The first-order chi connectivity index (χ1) is 13.8. The molecule has 0 aliphatic carbocycles. The van der Waals surface area contributed by atoms with E-state index in [0.717, 1.165) is 26.7 Å². The molecule has 0 spiro atoms. The number of Topliss-reactive ketones (excluding diaryl/α,β-unsaturated/α-hetero) is 1. The maximum atomic E-state index is 12.3. The van der Waals surface area contributed by atoms with Crippen LogP contribution >= 0.6 is 39.9 Å². The standard InChI is InChI=1S/C20H14BrNO5S2/c21-14-3-1-2-13(9-14)16(23)11-27-15-6-4-12(5-7-15)8-17-19(26)22(10-18(24)25)20(28)29-17/h1-9H,10-11H2,(H,24,25)/b17-8-. The zero-order chi connectivity index (χ0) is 21.0. The third-order valence-corrected chi connectivity index (χ3v) is 5.73. The molecule has 6 nitrogen and oxygen atoms in total. The Kier molecular flexibility index (Phi) is 6.83. The van der Waals surface area contributed by atoms with E-state index in [1.165, 1.54) is 0 Å². The van der Waals surface area contributed by atoms with Crippen LogP contribution in [0.25, 0.3) is 6.08 Å². The molecule has 2 aromatic carbocycles. The van der Waals surface area contributed by atoms with Gasteiger partial charge in [0, 0.05) is 10.0 Å². The fourth-order valence-electron chi connectivity index (χ4n) is 2.48. The van der Waals surface area contributed by atoms with Crippen molar-refractivity contribution < 1.29 is 24.2 Å². The van der Waals surface area contributed by atoms with Crippen LogP contribution in [0.15, 0.2) is 57.9 Å². The van der Waals surface area contributed by atoms with Crippen LogP contribution in [-0.4, -0.2) is 45.1 Å². The van der Waals surface area contributed by atoms with E-state index in [9.17, 15) is 14.4 Å². The van der Waals surface area contributed by atoms with Gasteiger partial charge in [-0.3, -0.25) is 19.3 Å². The zero-order valence-electron chi connectivity index (χ0n) is 14.8. The number of benzene rings is 2. The smallest absolute Gasteiger partial charge is 0.323 e. The Hall–Kier alpha value is -2.49. The number of thiocarbonyl (C=S) groups is 1. The van der Waals surface area contributed by atoms with Crippen LogP contribution in [0.5, 0.6) is 5.75 Å². The SMILES string of the molecule is O=C(O)CN1C(=O)/C(=C/c2ccc(OCC(=O)c3cccc(Br)c3)cc2)SC1=S. The van der Waals surface area contributed by atoms with Crippen LogP contribution in [0.1, 0.15) is 15.9 Å². The largest absolute Gasteiger partial charge is 0.485 e. The average Bonchev–Trinajstić information content (AvgIpc) is 2.94. The number of amides is 1. The number of carboxylic acid groups (broad SMARTS) is 1. The number of aliphatic carboxylic acids is 1. The van der Waals surface area contributed by atoms with Crippen molar-refractivity contribution in [2.45, 2.75) is 0 Å². The summed E-state index contributed by atoms with van der Waals surface area (Å²) in [6.07, 6.45) is 1.64. The maximum absolute atomic E-state index is 12.3. The van der Waals surface area contributed by atoms with E-state index in [1.54, 1.807) is 48.5 Å². The highest BCUT2D eigenvalue weighted by Crippen LogP contribution is 2.32. The van der Waals surface area contributed by atoms with Crippen molar-refractivity contribution in [1.82, 2.24) is 4.90 Å². The summed E-state index contributed by atoms with van der Waals surface area (Å²) in [6.45, 7) is -0.551. The molecule has 0 unspecified atom stereocenters. The van der Waals surface area contributed by atoms with Crippen molar-refractivity contribution in [2.24, 2.45) is 0 Å². The van der Waals surface area contributed by atoms with Gasteiger partial charge in [0.1, 0.15) is 16.6 Å². The highest BCUT2D eigenvalue weighted by Gasteiger charge is 2.33. The molecule has 0 aromatic heterocycles. The van der Waals surface area contributed by atoms with E-state index in [1.807, 2.05) is 6.07 Å². The maximum Gasteiger partial charge on any atom is 0.323 e. The summed E-state index contributed by atoms with van der Waals surface area (Å²) in [7, 11) is 0. The normalized spacial score (nSPS) is 15.1. The molecule has 3 rings (SSSR count). The minimum Gasteiger partial charge on any atom is -0.485 e. The van der Waals surface area contributed by atoms with Gasteiger partial charge in [-0.15, -0.1) is 0 Å². The summed E-state index contributed by atoms with van der Waals surface area (Å²) in [6, 6.07) is 13.9. The second kappa shape index (κ2) is 9.34. The molecular formula is C20H14BrNO5S2. The van der Waals surface area contributed by atoms with E-state index in [0.29, 0.717) is 16.2 Å². The molecule has 1 saturated heterocycles. The molecule has 1 N–H and O–H groups in total. The Morgan fingerprint density at radius 1 is 1.21 bits per heavy atom. The quantitative estimate of drug-likeness (QED) is 0.356. The lowest BCUT2D eigenvalue weighted by atomic mass is 10.1. The van der Waals surface area contributed by atoms with Crippen molar-refractivity contribution in [2.75, 3.05) is 13.2 Å². The minimum absolute atomic E-state index is 0.0936. The monoisotopic (exact) mass is 491 g/mol. The lowest BCUT2D eigenvalue weighted by molar-refractivity contribution is -0.140. The highest BCUT2D eigenvalue weighted by atomic mass is 79.9. The number of carboxylic acids is 1. The number of hydrogen-bond acceptors (Lipinski definition) is 6. The summed E-state index contributed by atoms with van der Waals surface area (Å²) in [5.74, 6) is -1.18. The first kappa shape index (κ1) is 21.2. The van der Waals surface area contributed by atoms with Gasteiger partial charge in [-0.1, -0.05) is 64.2 Å². The molecular weight excluding hydrogens is 478 g/mol. The molecule has 29 heavy (non-hydrogen) atoms. The number of halogens is 1. The van der Waals surface area contributed by atoms with Crippen LogP contribution < -0.4 is 4.74 Å². The van der Waals surface area contributed by atoms with Gasteiger partial charge in [0.05, 0.1) is 4.91 Å². The molecule has 1 aliphatic heterocycles. The molecule has 0 saturated carbocycles. The number of carbonyl (C=O) groups is 3. The summed E-state index contributed by atoms with van der Waals surface area (Å²) in [5.41, 5.74) is 1.28. The van der Waals surface area contributed by atoms with Gasteiger partial charge in [-0.2, -0.15) is 0 Å². The second-order valence-electron chi connectivity index (χ2n) is 5.95. The van der Waals surface area contributed by atoms with Crippen molar-refractivity contribution in [3.8, 4) is 5.75 Å². The van der Waals surface area contributed by atoms with E-state index in [4.69, 9.17) is 22.1 Å². The molecule has 0 radical (unpaired) electrons. The number of nitrogens with zero attached hydrogens (tertiary/aromatic N) is 1. The lowest BCUT2D eigenvalue weighted by Crippen LogP contribution is -2.33. The molecule has 1 amide bonds. The Bertz CT molecular complexity index is 1020. The average molecular weight is 492 g/mol. The summed E-state index contributed by atoms with van der Waals surface area (Å²) in [4.78, 5) is 36.7. The van der Waals surface area contributed by atoms with Gasteiger partial charge in [-0.25, -0.2) is 0 Å². The molecule has 1 heterocycles. The first-order valence-corrected chi connectivity index (χ1v) is 10.3. The van der Waals surface area contributed by atoms with Gasteiger partial charge in [-0.05, 0) is 35.9 Å². The minimum atomic E-state index is -1.12. The number of ketones is 1. The Morgan fingerprint density at radius 3 is 2.59 bits per heavy atom. The van der Waals surface area contributed by atoms with E-state index in [2.05, 4.69) is 15.9 Å². The highest BCUT2D eigenvalue weighted by molar-refractivity contribution is 9.10. The third-order valence-electron chi connectivity index (χ3n) is 3.86. The molecule has 0 bridgehead atoms. The van der Waals surface area contributed by atoms with Crippen LogP contribution in [0.2, 0.25) is 0 Å². The molecule has 2 aromatic rings. The summed E-state index contributed by atoms with van der Waals surface area (Å²) >= 11 is 9.46. The third kappa shape index (κ3) is 5.53. The molecule has 1 aliphatic rings. The van der Waals surface area contributed by atoms with Crippen LogP contribution in [0, 0.1) is 0 Å². The van der Waals surface area contributed by atoms with E-state index in [-0.39, 0.29) is 16.7 Å². The van der Waals surface area contributed by atoms with Crippen molar-refractivity contribution in [3.05, 3.63) is 69.0 Å². The number of ether oxygens (including phenoxy) is 1. The predicted molar refractivity (Wildman–Crippen MR) is 118 cm³/mol. The summed E-state index contributed by atoms with van der Waals surface area (Å²) < 4.78 is 6.57. The number of thioether (sulfide) groups is 1. The molecule has 1 fully saturated rings. The fraction of sp³-hybridized carbons (Fsp3) is 0.100. The second-order valence-corrected chi connectivity index (χ2v) is 8.54. The Balaban J connectivity index is 1.62. The van der Waals surface area contributed by atoms with Crippen molar-refractivity contribution >= 4 is 68.0 Å². The zero-order valence-corrected chi connectivity index (χ0v) is 18.1. The van der Waals surface area contributed by atoms with Gasteiger partial charge >= 0.3 is 5.97 Å². The topological polar surface area (TPSA) is 83.9 Å². The van der Waals surface area contributed by atoms with Gasteiger partial charge in [0.2, 0.25) is 0 Å². The van der Waals surface area contributed by atoms with Crippen LogP contribution in [0.3, 0.4) is 0 Å². The molecule has 0 atom stereocenters. The van der Waals surface area contributed by atoms with Gasteiger partial charge in [0.25, 0.3) is 5.91 Å². The van der Waals surface area contributed by atoms with Gasteiger partial charge < -0.3 is 9.84 Å². The Morgan fingerprint density at radius 2 is 1.93 bits per heavy atom. The van der Waals surface area contributed by atoms with Crippen LogP contribution in [-0.2, 0) is 9.59 Å². The molecule has 9 heteroatoms. The number of hydrogen-bond donors (Lipinski definition) is 1.